The molecule has 0 saturated carbocycles. The molecule has 1 unspecified atom stereocenters. The highest BCUT2D eigenvalue weighted by atomic mass is 32.2. The Bertz CT molecular complexity index is 297. The highest BCUT2D eigenvalue weighted by molar-refractivity contribution is 7.90. The second-order valence-corrected chi connectivity index (χ2v) is 5.28. The molecule has 0 aromatic rings. The summed E-state index contributed by atoms with van der Waals surface area (Å²) in [6.45, 7) is 2.35. The maximum atomic E-state index is 11.9. The normalized spacial score (nSPS) is 17.5. The Kier molecular flexibility index (Phi) is 4.56. The van der Waals surface area contributed by atoms with Crippen LogP contribution in [-0.2, 0) is 10.0 Å². The van der Waals surface area contributed by atoms with Gasteiger partial charge in [-0.1, -0.05) is 13.3 Å². The summed E-state index contributed by atoms with van der Waals surface area (Å²) in [6, 6.07) is 0. The molecule has 15 heavy (non-hydrogen) atoms. The van der Waals surface area contributed by atoms with E-state index in [1.165, 1.54) is 11.6 Å². The Morgan fingerprint density at radius 1 is 1.33 bits per heavy atom. The zero-order chi connectivity index (χ0) is 12.3. The fraction of sp³-hybridized carbons (Fsp3) is 1.00. The Balaban J connectivity index is 4.41. The summed E-state index contributed by atoms with van der Waals surface area (Å²) in [5.41, 5.74) is -6.80. The van der Waals surface area contributed by atoms with Gasteiger partial charge in [-0.3, -0.25) is 0 Å². The predicted octanol–water partition coefficient (Wildman–Crippen LogP) is 0.977. The first-order valence-corrected chi connectivity index (χ1v) is 5.78. The summed E-state index contributed by atoms with van der Waals surface area (Å²) in [5, 5.41) is 9.45. The van der Waals surface area contributed by atoms with Gasteiger partial charge in [-0.15, -0.1) is 0 Å². The first-order valence-electron chi connectivity index (χ1n) is 4.30. The van der Waals surface area contributed by atoms with Gasteiger partial charge in [-0.25, -0.2) is 13.1 Å². The highest BCUT2D eigenvalue weighted by Gasteiger charge is 2.46. The molecule has 4 nitrogen and oxygen atoms in total. The van der Waals surface area contributed by atoms with Crippen LogP contribution in [0.25, 0.3) is 0 Å². The summed E-state index contributed by atoms with van der Waals surface area (Å²) in [7, 11) is -5.36. The molecule has 92 valence electrons. The quantitative estimate of drug-likeness (QED) is 0.763. The lowest BCUT2D eigenvalue weighted by Gasteiger charge is -2.23. The Morgan fingerprint density at radius 2 is 1.80 bits per heavy atom. The van der Waals surface area contributed by atoms with Crippen molar-refractivity contribution in [3.63, 3.8) is 0 Å². The standard InChI is InChI=1S/C7H14F3NO3S/c1-3-4-6(2,12)5-11-15(13,14)7(8,9)10/h11-12H,3-5H2,1-2H3. The van der Waals surface area contributed by atoms with Crippen molar-refractivity contribution >= 4 is 10.0 Å². The maximum absolute atomic E-state index is 11.9. The number of hydrogen-bond acceptors (Lipinski definition) is 3. The van der Waals surface area contributed by atoms with Gasteiger partial charge in [0.15, 0.2) is 0 Å². The predicted molar refractivity (Wildman–Crippen MR) is 48.5 cm³/mol. The van der Waals surface area contributed by atoms with E-state index in [1.54, 1.807) is 6.92 Å². The second-order valence-electron chi connectivity index (χ2n) is 3.52. The molecule has 0 aromatic carbocycles. The van der Waals surface area contributed by atoms with Crippen molar-refractivity contribution in [1.29, 1.82) is 0 Å². The van der Waals surface area contributed by atoms with E-state index < -0.39 is 27.7 Å². The second kappa shape index (κ2) is 4.67. The SMILES string of the molecule is CCCC(C)(O)CNS(=O)(=O)C(F)(F)F. The van der Waals surface area contributed by atoms with E-state index in [9.17, 15) is 26.7 Å². The molecule has 0 heterocycles. The molecule has 0 aliphatic carbocycles. The van der Waals surface area contributed by atoms with Crippen molar-refractivity contribution in [2.45, 2.75) is 37.8 Å². The highest BCUT2D eigenvalue weighted by Crippen LogP contribution is 2.22. The van der Waals surface area contributed by atoms with Crippen molar-refractivity contribution in [3.05, 3.63) is 0 Å². The zero-order valence-corrected chi connectivity index (χ0v) is 9.24. The van der Waals surface area contributed by atoms with E-state index >= 15 is 0 Å². The van der Waals surface area contributed by atoms with Gasteiger partial charge in [-0.05, 0) is 13.3 Å². The van der Waals surface area contributed by atoms with E-state index in [0.29, 0.717) is 6.42 Å². The Labute approximate surface area is 86.5 Å². The molecule has 0 amide bonds. The molecule has 0 aromatic heterocycles. The Morgan fingerprint density at radius 3 is 2.13 bits per heavy atom. The number of rotatable bonds is 5. The van der Waals surface area contributed by atoms with Crippen LogP contribution in [0.3, 0.4) is 0 Å². The largest absolute Gasteiger partial charge is 0.511 e. The summed E-state index contributed by atoms with van der Waals surface area (Å²) in [6.07, 6.45) is 0.758. The molecule has 1 atom stereocenters. The van der Waals surface area contributed by atoms with Gasteiger partial charge in [0.05, 0.1) is 5.60 Å². The van der Waals surface area contributed by atoms with Crippen LogP contribution in [0.5, 0.6) is 0 Å². The number of halogens is 3. The molecule has 0 radical (unpaired) electrons. The summed E-state index contributed by atoms with van der Waals surface area (Å²) < 4.78 is 58.0. The molecular formula is C7H14F3NO3S. The van der Waals surface area contributed by atoms with Crippen LogP contribution in [0.1, 0.15) is 26.7 Å². The van der Waals surface area contributed by atoms with Crippen molar-refractivity contribution < 1.29 is 26.7 Å². The molecule has 0 bridgehead atoms. The summed E-state index contributed by atoms with van der Waals surface area (Å²) in [5.74, 6) is 0. The van der Waals surface area contributed by atoms with Crippen LogP contribution in [0.4, 0.5) is 13.2 Å². The minimum atomic E-state index is -5.36. The van der Waals surface area contributed by atoms with Crippen molar-refractivity contribution in [2.75, 3.05) is 6.54 Å². The van der Waals surface area contributed by atoms with Crippen LogP contribution < -0.4 is 4.72 Å². The van der Waals surface area contributed by atoms with Crippen LogP contribution in [0, 0.1) is 0 Å². The fourth-order valence-corrected chi connectivity index (χ4v) is 1.62. The molecule has 8 heteroatoms. The topological polar surface area (TPSA) is 66.4 Å². The van der Waals surface area contributed by atoms with Gasteiger partial charge >= 0.3 is 15.5 Å². The summed E-state index contributed by atoms with van der Waals surface area (Å²) >= 11 is 0. The van der Waals surface area contributed by atoms with Crippen LogP contribution in [0.2, 0.25) is 0 Å². The van der Waals surface area contributed by atoms with Gasteiger partial charge in [-0.2, -0.15) is 13.2 Å². The van der Waals surface area contributed by atoms with E-state index in [-0.39, 0.29) is 6.42 Å². The average molecular weight is 249 g/mol. The van der Waals surface area contributed by atoms with Crippen LogP contribution in [-0.4, -0.2) is 31.2 Å². The van der Waals surface area contributed by atoms with E-state index in [4.69, 9.17) is 0 Å². The monoisotopic (exact) mass is 249 g/mol. The fourth-order valence-electron chi connectivity index (χ4n) is 0.959. The van der Waals surface area contributed by atoms with Gasteiger partial charge in [0.1, 0.15) is 0 Å². The van der Waals surface area contributed by atoms with Gasteiger partial charge in [0, 0.05) is 6.54 Å². The number of hydrogen-bond donors (Lipinski definition) is 2. The van der Waals surface area contributed by atoms with Crippen LogP contribution >= 0.6 is 0 Å². The summed E-state index contributed by atoms with van der Waals surface area (Å²) in [4.78, 5) is 0. The minimum Gasteiger partial charge on any atom is -0.389 e. The minimum absolute atomic E-state index is 0.216. The van der Waals surface area contributed by atoms with Crippen molar-refractivity contribution in [1.82, 2.24) is 4.72 Å². The zero-order valence-electron chi connectivity index (χ0n) is 8.43. The molecule has 0 saturated heterocycles. The molecule has 0 rings (SSSR count). The van der Waals surface area contributed by atoms with Gasteiger partial charge < -0.3 is 5.11 Å². The molecule has 2 N–H and O–H groups in total. The third-order valence-corrected chi connectivity index (χ3v) is 2.87. The third kappa shape index (κ3) is 4.80. The number of sulfonamides is 1. The van der Waals surface area contributed by atoms with Crippen molar-refractivity contribution in [3.8, 4) is 0 Å². The number of alkyl halides is 3. The molecule has 0 aliphatic heterocycles. The van der Waals surface area contributed by atoms with Gasteiger partial charge in [0.25, 0.3) is 0 Å². The Hall–Kier alpha value is -0.340. The van der Waals surface area contributed by atoms with Crippen LogP contribution in [0.15, 0.2) is 0 Å². The van der Waals surface area contributed by atoms with E-state index in [1.807, 2.05) is 0 Å². The molecule has 0 fully saturated rings. The first kappa shape index (κ1) is 14.7. The first-order chi connectivity index (χ1) is 6.52. The molecule has 0 spiro atoms. The smallest absolute Gasteiger partial charge is 0.389 e. The molecule has 0 aliphatic rings. The number of aliphatic hydroxyl groups is 1. The van der Waals surface area contributed by atoms with E-state index in [0.717, 1.165) is 0 Å². The van der Waals surface area contributed by atoms with Gasteiger partial charge in [0.2, 0.25) is 0 Å². The lowest BCUT2D eigenvalue weighted by atomic mass is 10.0. The maximum Gasteiger partial charge on any atom is 0.511 e. The lowest BCUT2D eigenvalue weighted by molar-refractivity contribution is -0.0455. The average Bonchev–Trinajstić information content (AvgIpc) is 1.99. The van der Waals surface area contributed by atoms with E-state index in [2.05, 4.69) is 0 Å². The molecular weight excluding hydrogens is 235 g/mol. The third-order valence-electron chi connectivity index (χ3n) is 1.74. The lowest BCUT2D eigenvalue weighted by Crippen LogP contribution is -2.45. The number of nitrogens with one attached hydrogen (secondary N) is 1. The van der Waals surface area contributed by atoms with Crippen molar-refractivity contribution in [2.24, 2.45) is 0 Å².